The van der Waals surface area contributed by atoms with E-state index in [4.69, 9.17) is 18.9 Å². The average Bonchev–Trinajstić information content (AvgIpc) is 3.19. The first-order valence-electron chi connectivity index (χ1n) is 11.3. The minimum absolute atomic E-state index is 0.0378. The zero-order chi connectivity index (χ0) is 22.1. The Balaban J connectivity index is 1.52. The van der Waals surface area contributed by atoms with Crippen LogP contribution >= 0.6 is 0 Å². The van der Waals surface area contributed by atoms with Crippen LogP contribution in [0.25, 0.3) is 0 Å². The second kappa shape index (κ2) is 5.44. The minimum Gasteiger partial charge on any atom is -0.461 e. The van der Waals surface area contributed by atoms with E-state index in [1.165, 1.54) is 13.8 Å². The molecular formula is C23H28O8. The van der Waals surface area contributed by atoms with Gasteiger partial charge in [-0.3, -0.25) is 19.2 Å². The summed E-state index contributed by atoms with van der Waals surface area (Å²) in [4.78, 5) is 50.4. The Morgan fingerprint density at radius 2 is 1.84 bits per heavy atom. The first-order valence-corrected chi connectivity index (χ1v) is 11.3. The van der Waals surface area contributed by atoms with Gasteiger partial charge in [0, 0.05) is 37.0 Å². The van der Waals surface area contributed by atoms with Gasteiger partial charge in [-0.2, -0.15) is 0 Å². The fourth-order valence-electron chi connectivity index (χ4n) is 9.21. The van der Waals surface area contributed by atoms with Crippen molar-refractivity contribution in [2.75, 3.05) is 0 Å². The molecule has 0 aromatic carbocycles. The third-order valence-electron chi connectivity index (χ3n) is 9.94. The maximum atomic E-state index is 13.4. The predicted octanol–water partition coefficient (Wildman–Crippen LogP) is 1.92. The molecule has 0 aromatic rings. The monoisotopic (exact) mass is 432 g/mol. The fourth-order valence-corrected chi connectivity index (χ4v) is 9.21. The topological polar surface area (TPSA) is 105 Å². The number of fused-ring (bicyclic) bond motifs is 1. The van der Waals surface area contributed by atoms with E-state index < -0.39 is 45.9 Å². The summed E-state index contributed by atoms with van der Waals surface area (Å²) in [5, 5.41) is 0. The van der Waals surface area contributed by atoms with Crippen molar-refractivity contribution in [3.05, 3.63) is 0 Å². The van der Waals surface area contributed by atoms with Gasteiger partial charge in [-0.15, -0.1) is 0 Å². The van der Waals surface area contributed by atoms with Crippen molar-refractivity contribution in [3.8, 4) is 0 Å². The third-order valence-corrected chi connectivity index (χ3v) is 9.94. The van der Waals surface area contributed by atoms with Gasteiger partial charge in [0.25, 0.3) is 0 Å². The van der Waals surface area contributed by atoms with Crippen molar-refractivity contribution in [1.82, 2.24) is 0 Å². The molecule has 0 radical (unpaired) electrons. The number of esters is 4. The molecular weight excluding hydrogens is 404 g/mol. The van der Waals surface area contributed by atoms with Crippen molar-refractivity contribution in [2.45, 2.75) is 83.2 Å². The summed E-state index contributed by atoms with van der Waals surface area (Å²) < 4.78 is 23.8. The molecule has 4 bridgehead atoms. The van der Waals surface area contributed by atoms with Gasteiger partial charge >= 0.3 is 23.9 Å². The quantitative estimate of drug-likeness (QED) is 0.481. The van der Waals surface area contributed by atoms with Crippen LogP contribution in [0, 0.1) is 34.5 Å². The SMILES string of the molecule is CC(=O)O[C@H]1CC[C@]23OC(=O)[C@]1(C)[C@H]2[C@@H]1C(=O)O[C@H]2[C@H](C)[C@]4(OC(C)=O)CC[C@@H]3[C@@]21C4. The zero-order valence-corrected chi connectivity index (χ0v) is 18.3. The number of hydrogen-bond acceptors (Lipinski definition) is 8. The lowest BCUT2D eigenvalue weighted by Crippen LogP contribution is -2.54. The number of ether oxygens (including phenoxy) is 4. The van der Waals surface area contributed by atoms with Crippen LogP contribution in [0.1, 0.15) is 59.8 Å². The van der Waals surface area contributed by atoms with E-state index in [1.807, 2.05) is 6.92 Å². The van der Waals surface area contributed by atoms with Crippen LogP contribution in [0.15, 0.2) is 0 Å². The molecule has 4 aliphatic carbocycles. The summed E-state index contributed by atoms with van der Waals surface area (Å²) >= 11 is 0. The van der Waals surface area contributed by atoms with Crippen LogP contribution < -0.4 is 0 Å². The summed E-state index contributed by atoms with van der Waals surface area (Å²) in [6.45, 7) is 6.56. The largest absolute Gasteiger partial charge is 0.461 e. The molecule has 6 fully saturated rings. The highest BCUT2D eigenvalue weighted by Crippen LogP contribution is 2.81. The van der Waals surface area contributed by atoms with E-state index in [0.29, 0.717) is 32.1 Å². The second-order valence-electron chi connectivity index (χ2n) is 10.9. The molecule has 2 saturated heterocycles. The lowest BCUT2D eigenvalue weighted by molar-refractivity contribution is -0.172. The molecule has 0 N–H and O–H groups in total. The average molecular weight is 432 g/mol. The number of rotatable bonds is 2. The molecule has 0 amide bonds. The summed E-state index contributed by atoms with van der Waals surface area (Å²) in [5.41, 5.74) is -3.03. The molecule has 168 valence electrons. The molecule has 0 unspecified atom stereocenters. The van der Waals surface area contributed by atoms with E-state index in [9.17, 15) is 19.2 Å². The Kier molecular flexibility index (Phi) is 3.43. The molecule has 8 nitrogen and oxygen atoms in total. The fraction of sp³-hybridized carbons (Fsp3) is 0.826. The van der Waals surface area contributed by atoms with Crippen LogP contribution in [0.5, 0.6) is 0 Å². The van der Waals surface area contributed by atoms with E-state index >= 15 is 0 Å². The van der Waals surface area contributed by atoms with Crippen LogP contribution in [-0.4, -0.2) is 47.3 Å². The third kappa shape index (κ3) is 1.87. The van der Waals surface area contributed by atoms with Gasteiger partial charge in [0.2, 0.25) is 0 Å². The highest BCUT2D eigenvalue weighted by Gasteiger charge is 2.90. The van der Waals surface area contributed by atoms with E-state index in [-0.39, 0.29) is 35.8 Å². The summed E-state index contributed by atoms with van der Waals surface area (Å²) in [7, 11) is 0. The lowest BCUT2D eigenvalue weighted by atomic mass is 9.59. The maximum Gasteiger partial charge on any atom is 0.316 e. The molecule has 1 spiro atoms. The van der Waals surface area contributed by atoms with Gasteiger partial charge in [-0.1, -0.05) is 6.92 Å². The highest BCUT2D eigenvalue weighted by molar-refractivity contribution is 5.87. The first kappa shape index (κ1) is 19.6. The number of carbonyl (C=O) groups is 4. The molecule has 31 heavy (non-hydrogen) atoms. The maximum absolute atomic E-state index is 13.4. The highest BCUT2D eigenvalue weighted by atomic mass is 16.6. The van der Waals surface area contributed by atoms with E-state index in [1.54, 1.807) is 6.92 Å². The van der Waals surface area contributed by atoms with Crippen molar-refractivity contribution >= 4 is 23.9 Å². The zero-order valence-electron chi connectivity index (χ0n) is 18.3. The molecule has 4 saturated carbocycles. The van der Waals surface area contributed by atoms with Crippen LogP contribution in [0.4, 0.5) is 0 Å². The molecule has 8 heteroatoms. The molecule has 0 aromatic heterocycles. The molecule has 10 atom stereocenters. The Labute approximate surface area is 180 Å². The van der Waals surface area contributed by atoms with Crippen molar-refractivity contribution in [3.63, 3.8) is 0 Å². The normalized spacial score (nSPS) is 55.2. The Morgan fingerprint density at radius 1 is 1.10 bits per heavy atom. The predicted molar refractivity (Wildman–Crippen MR) is 102 cm³/mol. The molecule has 2 heterocycles. The van der Waals surface area contributed by atoms with Gasteiger partial charge in [0.05, 0.1) is 5.92 Å². The van der Waals surface area contributed by atoms with Gasteiger partial charge in [-0.25, -0.2) is 0 Å². The summed E-state index contributed by atoms with van der Waals surface area (Å²) in [6.07, 6.45) is 2.02. The van der Waals surface area contributed by atoms with Gasteiger partial charge < -0.3 is 18.9 Å². The van der Waals surface area contributed by atoms with Crippen molar-refractivity contribution in [1.29, 1.82) is 0 Å². The van der Waals surface area contributed by atoms with Crippen LogP contribution in [0.3, 0.4) is 0 Å². The first-order chi connectivity index (χ1) is 14.5. The Morgan fingerprint density at radius 3 is 2.52 bits per heavy atom. The summed E-state index contributed by atoms with van der Waals surface area (Å²) in [6, 6.07) is 0. The molecule has 6 aliphatic rings. The van der Waals surface area contributed by atoms with Gasteiger partial charge in [0.15, 0.2) is 0 Å². The van der Waals surface area contributed by atoms with Crippen molar-refractivity contribution in [2.24, 2.45) is 34.5 Å². The van der Waals surface area contributed by atoms with Gasteiger partial charge in [-0.05, 0) is 39.0 Å². The molecule has 6 rings (SSSR count). The number of carbonyl (C=O) groups excluding carboxylic acids is 4. The Hall–Kier alpha value is -2.12. The number of hydrogen-bond donors (Lipinski definition) is 0. The smallest absolute Gasteiger partial charge is 0.316 e. The Bertz CT molecular complexity index is 944. The van der Waals surface area contributed by atoms with E-state index in [0.717, 1.165) is 0 Å². The minimum atomic E-state index is -1.09. The standard InChI is InChI=1S/C23H28O8/c1-10-17-22-9-21(10,30-12(3)25)7-5-13(22)23-8-6-14(28-11(2)24)20(4,19(27)31-23)16(23)15(22)18(26)29-17/h10,13-17H,5-9H2,1-4H3/t10-,13+,14-,15+,16+,17-,20-,21-,22+,23+/m0/s1. The second-order valence-corrected chi connectivity index (χ2v) is 10.9. The lowest BCUT2D eigenvalue weighted by Gasteiger charge is -2.46. The van der Waals surface area contributed by atoms with Crippen molar-refractivity contribution < 1.29 is 38.1 Å². The van der Waals surface area contributed by atoms with Crippen LogP contribution in [0.2, 0.25) is 0 Å². The van der Waals surface area contributed by atoms with Crippen LogP contribution in [-0.2, 0) is 38.1 Å². The van der Waals surface area contributed by atoms with Gasteiger partial charge in [0.1, 0.15) is 28.8 Å². The molecule has 2 aliphatic heterocycles. The van der Waals surface area contributed by atoms with E-state index in [2.05, 4.69) is 0 Å². The summed E-state index contributed by atoms with van der Waals surface area (Å²) in [5.74, 6) is -2.54.